The minimum Gasteiger partial charge on any atom is -0.341 e. The molecule has 2 unspecified atom stereocenters. The molecule has 1 fully saturated rings. The number of aromatic amines is 1. The summed E-state index contributed by atoms with van der Waals surface area (Å²) >= 11 is 6.12. The number of rotatable bonds is 3. The molecule has 5 nitrogen and oxygen atoms in total. The lowest BCUT2D eigenvalue weighted by Gasteiger charge is -2.37. The van der Waals surface area contributed by atoms with Crippen molar-refractivity contribution >= 4 is 22.6 Å². The van der Waals surface area contributed by atoms with Gasteiger partial charge in [-0.15, -0.1) is 0 Å². The van der Waals surface area contributed by atoms with E-state index in [9.17, 15) is 0 Å². The van der Waals surface area contributed by atoms with E-state index in [0.717, 1.165) is 40.2 Å². The molecule has 0 amide bonds. The normalized spacial score (nSPS) is 19.4. The summed E-state index contributed by atoms with van der Waals surface area (Å²) in [6.45, 7) is 0.828. The van der Waals surface area contributed by atoms with Crippen LogP contribution < -0.4 is 5.32 Å². The van der Waals surface area contributed by atoms with Gasteiger partial charge in [0.2, 0.25) is 5.28 Å². The third-order valence-corrected chi connectivity index (χ3v) is 5.07. The number of H-pyrrole nitrogens is 1. The lowest BCUT2D eigenvalue weighted by Crippen LogP contribution is -2.45. The largest absolute Gasteiger partial charge is 0.341 e. The SMILES string of the molecule is Clc1ncc(-c2ccccc2)c(C2CNC2c2nc3ccccc3[nH]2)n1. The molecule has 3 heterocycles. The number of aromatic nitrogens is 4. The van der Waals surface area contributed by atoms with Crippen LogP contribution in [0.4, 0.5) is 0 Å². The Bertz CT molecular complexity index is 1040. The van der Waals surface area contributed by atoms with Crippen LogP contribution in [0.25, 0.3) is 22.2 Å². The Hall–Kier alpha value is -2.76. The van der Waals surface area contributed by atoms with Crippen molar-refractivity contribution in [1.29, 1.82) is 0 Å². The van der Waals surface area contributed by atoms with Gasteiger partial charge >= 0.3 is 0 Å². The Kier molecular flexibility index (Phi) is 3.69. The van der Waals surface area contributed by atoms with E-state index in [0.29, 0.717) is 0 Å². The molecule has 2 atom stereocenters. The topological polar surface area (TPSA) is 66.5 Å². The van der Waals surface area contributed by atoms with Crippen LogP contribution in [0.1, 0.15) is 23.5 Å². The van der Waals surface area contributed by atoms with E-state index >= 15 is 0 Å². The summed E-state index contributed by atoms with van der Waals surface area (Å²) in [7, 11) is 0. The molecule has 1 aliphatic rings. The second kappa shape index (κ2) is 6.20. The number of halogens is 1. The number of nitrogens with zero attached hydrogens (tertiary/aromatic N) is 3. The first-order valence-electron chi connectivity index (χ1n) is 8.55. The summed E-state index contributed by atoms with van der Waals surface area (Å²) in [5, 5.41) is 3.75. The average molecular weight is 362 g/mol. The van der Waals surface area contributed by atoms with Gasteiger partial charge in [0.05, 0.1) is 22.8 Å². The summed E-state index contributed by atoms with van der Waals surface area (Å²) < 4.78 is 0. The molecule has 0 aliphatic carbocycles. The van der Waals surface area contributed by atoms with Crippen LogP contribution in [0, 0.1) is 0 Å². The highest BCUT2D eigenvalue weighted by Gasteiger charge is 2.38. The monoisotopic (exact) mass is 361 g/mol. The van der Waals surface area contributed by atoms with Crippen LogP contribution in [0.15, 0.2) is 60.8 Å². The van der Waals surface area contributed by atoms with Gasteiger partial charge in [-0.3, -0.25) is 0 Å². The van der Waals surface area contributed by atoms with Gasteiger partial charge in [0.25, 0.3) is 0 Å². The molecule has 128 valence electrons. The first-order valence-corrected chi connectivity index (χ1v) is 8.93. The third-order valence-electron chi connectivity index (χ3n) is 4.89. The van der Waals surface area contributed by atoms with Crippen molar-refractivity contribution in [2.75, 3.05) is 6.54 Å². The molecule has 2 aromatic carbocycles. The summed E-state index contributed by atoms with van der Waals surface area (Å²) in [6, 6.07) is 18.3. The van der Waals surface area contributed by atoms with Gasteiger partial charge in [-0.1, -0.05) is 42.5 Å². The van der Waals surface area contributed by atoms with Crippen molar-refractivity contribution in [2.24, 2.45) is 0 Å². The van der Waals surface area contributed by atoms with E-state index in [1.54, 1.807) is 0 Å². The minimum atomic E-state index is 0.0795. The fourth-order valence-electron chi connectivity index (χ4n) is 3.51. The van der Waals surface area contributed by atoms with E-state index in [-0.39, 0.29) is 17.2 Å². The van der Waals surface area contributed by atoms with Crippen molar-refractivity contribution in [1.82, 2.24) is 25.3 Å². The van der Waals surface area contributed by atoms with E-state index in [1.165, 1.54) is 0 Å². The molecule has 0 bridgehead atoms. The Labute approximate surface area is 155 Å². The Morgan fingerprint density at radius 3 is 2.54 bits per heavy atom. The number of imidazole rings is 1. The Morgan fingerprint density at radius 2 is 1.77 bits per heavy atom. The highest BCUT2D eigenvalue weighted by Crippen LogP contribution is 2.40. The lowest BCUT2D eigenvalue weighted by molar-refractivity contribution is 0.302. The van der Waals surface area contributed by atoms with Crippen LogP contribution in [0.5, 0.6) is 0 Å². The summed E-state index contributed by atoms with van der Waals surface area (Å²) in [5.41, 5.74) is 5.08. The van der Waals surface area contributed by atoms with Crippen LogP contribution in [-0.4, -0.2) is 26.5 Å². The fourth-order valence-corrected chi connectivity index (χ4v) is 3.65. The number of fused-ring (bicyclic) bond motifs is 1. The zero-order chi connectivity index (χ0) is 17.5. The maximum atomic E-state index is 6.12. The number of nitrogens with one attached hydrogen (secondary N) is 2. The first kappa shape index (κ1) is 15.5. The van der Waals surface area contributed by atoms with Gasteiger partial charge in [0.15, 0.2) is 0 Å². The molecule has 5 rings (SSSR count). The summed E-state index contributed by atoms with van der Waals surface area (Å²) in [4.78, 5) is 16.9. The third kappa shape index (κ3) is 2.57. The molecular weight excluding hydrogens is 346 g/mol. The Morgan fingerprint density at radius 1 is 0.962 bits per heavy atom. The molecule has 1 aliphatic heterocycles. The van der Waals surface area contributed by atoms with Gasteiger partial charge in [0, 0.05) is 24.2 Å². The van der Waals surface area contributed by atoms with Crippen LogP contribution in [0.3, 0.4) is 0 Å². The van der Waals surface area contributed by atoms with E-state index < -0.39 is 0 Å². The number of para-hydroxylation sites is 2. The highest BCUT2D eigenvalue weighted by atomic mass is 35.5. The zero-order valence-electron chi connectivity index (χ0n) is 13.9. The second-order valence-corrected chi connectivity index (χ2v) is 6.77. The van der Waals surface area contributed by atoms with Gasteiger partial charge in [-0.25, -0.2) is 15.0 Å². The highest BCUT2D eigenvalue weighted by molar-refractivity contribution is 6.28. The minimum absolute atomic E-state index is 0.0795. The number of hydrogen-bond donors (Lipinski definition) is 2. The predicted molar refractivity (Wildman–Crippen MR) is 102 cm³/mol. The second-order valence-electron chi connectivity index (χ2n) is 6.44. The lowest BCUT2D eigenvalue weighted by atomic mass is 9.84. The molecule has 26 heavy (non-hydrogen) atoms. The molecule has 1 saturated heterocycles. The Balaban J connectivity index is 1.56. The van der Waals surface area contributed by atoms with Crippen molar-refractivity contribution in [3.8, 4) is 11.1 Å². The number of benzene rings is 2. The maximum Gasteiger partial charge on any atom is 0.222 e. The molecule has 2 N–H and O–H groups in total. The molecular formula is C20H16ClN5. The fraction of sp³-hybridized carbons (Fsp3) is 0.150. The smallest absolute Gasteiger partial charge is 0.222 e. The van der Waals surface area contributed by atoms with E-state index in [2.05, 4.69) is 32.4 Å². The van der Waals surface area contributed by atoms with Crippen molar-refractivity contribution in [3.05, 3.63) is 77.6 Å². The predicted octanol–water partition coefficient (Wildman–Crippen LogP) is 4.10. The molecule has 6 heteroatoms. The molecule has 0 saturated carbocycles. The molecule has 0 spiro atoms. The quantitative estimate of drug-likeness (QED) is 0.539. The molecule has 0 radical (unpaired) electrons. The molecule has 4 aromatic rings. The van der Waals surface area contributed by atoms with Gasteiger partial charge in [0.1, 0.15) is 5.82 Å². The first-order chi connectivity index (χ1) is 12.8. The zero-order valence-corrected chi connectivity index (χ0v) is 14.6. The number of hydrogen-bond acceptors (Lipinski definition) is 4. The van der Waals surface area contributed by atoms with Gasteiger partial charge in [-0.2, -0.15) is 0 Å². The molecule has 2 aromatic heterocycles. The van der Waals surface area contributed by atoms with Crippen molar-refractivity contribution in [2.45, 2.75) is 12.0 Å². The van der Waals surface area contributed by atoms with Crippen molar-refractivity contribution < 1.29 is 0 Å². The average Bonchev–Trinajstić information content (AvgIpc) is 3.05. The van der Waals surface area contributed by atoms with E-state index in [1.807, 2.05) is 48.7 Å². The maximum absolute atomic E-state index is 6.12. The standard InChI is InChI=1S/C20H16ClN5/c21-20-23-10-13(12-6-2-1-3-7-12)17(26-20)14-11-22-18(14)19-24-15-8-4-5-9-16(15)25-19/h1-10,14,18,22H,11H2,(H,24,25). The van der Waals surface area contributed by atoms with Crippen LogP contribution >= 0.6 is 11.6 Å². The summed E-state index contributed by atoms with van der Waals surface area (Å²) in [5.74, 6) is 1.11. The van der Waals surface area contributed by atoms with Crippen LogP contribution in [-0.2, 0) is 0 Å². The summed E-state index contributed by atoms with van der Waals surface area (Å²) in [6.07, 6.45) is 1.81. The van der Waals surface area contributed by atoms with Gasteiger partial charge in [-0.05, 0) is 29.3 Å². The van der Waals surface area contributed by atoms with Crippen molar-refractivity contribution in [3.63, 3.8) is 0 Å². The van der Waals surface area contributed by atoms with Crippen LogP contribution in [0.2, 0.25) is 5.28 Å². The van der Waals surface area contributed by atoms with Gasteiger partial charge < -0.3 is 10.3 Å². The van der Waals surface area contributed by atoms with E-state index in [4.69, 9.17) is 16.6 Å².